The summed E-state index contributed by atoms with van der Waals surface area (Å²) in [7, 11) is 0. The summed E-state index contributed by atoms with van der Waals surface area (Å²) < 4.78 is 7.74. The van der Waals surface area contributed by atoms with Gasteiger partial charge in [0.15, 0.2) is 0 Å². The molecule has 2 heterocycles. The highest BCUT2D eigenvalue weighted by atomic mass is 32.2. The van der Waals surface area contributed by atoms with Crippen LogP contribution in [0.25, 0.3) is 27.8 Å². The lowest BCUT2D eigenvalue weighted by Gasteiger charge is -2.10. The summed E-state index contributed by atoms with van der Waals surface area (Å²) in [6.07, 6.45) is 4.94. The predicted octanol–water partition coefficient (Wildman–Crippen LogP) is 6.38. The maximum absolute atomic E-state index is 5.60. The first-order chi connectivity index (χ1) is 14.2. The first kappa shape index (κ1) is 19.5. The Morgan fingerprint density at radius 1 is 1.00 bits per heavy atom. The van der Waals surface area contributed by atoms with Crippen molar-refractivity contribution in [1.82, 2.24) is 14.5 Å². The number of nitrogens with zero attached hydrogens (tertiary/aromatic N) is 3. The number of aromatic nitrogens is 3. The van der Waals surface area contributed by atoms with Crippen molar-refractivity contribution in [3.05, 3.63) is 67.1 Å². The molecular formula is C24H25N3OS. The fourth-order valence-electron chi connectivity index (χ4n) is 3.30. The lowest BCUT2D eigenvalue weighted by molar-refractivity contribution is 0.340. The molecule has 1 atom stereocenters. The van der Waals surface area contributed by atoms with E-state index in [2.05, 4.69) is 71.0 Å². The Hall–Kier alpha value is -2.79. The van der Waals surface area contributed by atoms with Crippen LogP contribution >= 0.6 is 11.8 Å². The number of ether oxygens (including phenoxy) is 1. The summed E-state index contributed by atoms with van der Waals surface area (Å²) >= 11 is 1.82. The summed E-state index contributed by atoms with van der Waals surface area (Å²) in [5.41, 5.74) is 4.30. The SMILES string of the molecule is CCOc1ccc(-n2cc(-c3ccccc3)c3c(SC(C)CC)ncnc32)cc1. The van der Waals surface area contributed by atoms with Crippen molar-refractivity contribution in [1.29, 1.82) is 0 Å². The molecule has 0 aliphatic carbocycles. The molecule has 29 heavy (non-hydrogen) atoms. The van der Waals surface area contributed by atoms with Gasteiger partial charge in [-0.25, -0.2) is 9.97 Å². The van der Waals surface area contributed by atoms with Gasteiger partial charge in [0.25, 0.3) is 0 Å². The van der Waals surface area contributed by atoms with Crippen molar-refractivity contribution in [3.8, 4) is 22.6 Å². The van der Waals surface area contributed by atoms with Gasteiger partial charge in [-0.15, -0.1) is 11.8 Å². The molecule has 148 valence electrons. The molecule has 0 saturated heterocycles. The third-order valence-corrected chi connectivity index (χ3v) is 6.22. The van der Waals surface area contributed by atoms with E-state index in [1.165, 1.54) is 5.56 Å². The fourth-order valence-corrected chi connectivity index (χ4v) is 4.28. The molecule has 0 aliphatic rings. The number of hydrogen-bond donors (Lipinski definition) is 0. The van der Waals surface area contributed by atoms with Gasteiger partial charge in [0, 0.05) is 22.7 Å². The van der Waals surface area contributed by atoms with Gasteiger partial charge in [-0.3, -0.25) is 0 Å². The van der Waals surface area contributed by atoms with E-state index in [0.29, 0.717) is 11.9 Å². The van der Waals surface area contributed by atoms with E-state index in [9.17, 15) is 0 Å². The molecule has 0 aliphatic heterocycles. The van der Waals surface area contributed by atoms with Crippen LogP contribution < -0.4 is 4.74 Å². The van der Waals surface area contributed by atoms with Gasteiger partial charge in [0.05, 0.1) is 12.0 Å². The molecule has 0 N–H and O–H groups in total. The molecule has 0 radical (unpaired) electrons. The molecule has 0 saturated carbocycles. The van der Waals surface area contributed by atoms with E-state index in [4.69, 9.17) is 4.74 Å². The van der Waals surface area contributed by atoms with Crippen LogP contribution in [0.2, 0.25) is 0 Å². The fraction of sp³-hybridized carbons (Fsp3) is 0.250. The van der Waals surface area contributed by atoms with Crippen LogP contribution in [0.1, 0.15) is 27.2 Å². The third kappa shape index (κ3) is 4.01. The van der Waals surface area contributed by atoms with Crippen LogP contribution in [0.15, 0.2) is 72.1 Å². The molecule has 5 heteroatoms. The first-order valence-electron chi connectivity index (χ1n) is 10.0. The zero-order valence-corrected chi connectivity index (χ0v) is 17.8. The predicted molar refractivity (Wildman–Crippen MR) is 121 cm³/mol. The van der Waals surface area contributed by atoms with Gasteiger partial charge >= 0.3 is 0 Å². The van der Waals surface area contributed by atoms with E-state index in [1.807, 2.05) is 36.9 Å². The summed E-state index contributed by atoms with van der Waals surface area (Å²) in [5.74, 6) is 0.874. The molecular weight excluding hydrogens is 378 g/mol. The minimum Gasteiger partial charge on any atom is -0.494 e. The number of rotatable bonds is 7. The summed E-state index contributed by atoms with van der Waals surface area (Å²) in [4.78, 5) is 9.31. The second-order valence-corrected chi connectivity index (χ2v) is 8.35. The molecule has 0 spiro atoms. The number of thioether (sulfide) groups is 1. The summed E-state index contributed by atoms with van der Waals surface area (Å²) in [5, 5.41) is 2.64. The molecule has 4 aromatic rings. The normalized spacial score (nSPS) is 12.2. The van der Waals surface area contributed by atoms with E-state index >= 15 is 0 Å². The van der Waals surface area contributed by atoms with Crippen LogP contribution in [0, 0.1) is 0 Å². The second-order valence-electron chi connectivity index (χ2n) is 6.92. The molecule has 4 nitrogen and oxygen atoms in total. The van der Waals surface area contributed by atoms with Gasteiger partial charge in [0.1, 0.15) is 22.7 Å². The molecule has 1 unspecified atom stereocenters. The summed E-state index contributed by atoms with van der Waals surface area (Å²) in [6.45, 7) is 7.10. The van der Waals surface area contributed by atoms with Gasteiger partial charge < -0.3 is 9.30 Å². The van der Waals surface area contributed by atoms with Crippen molar-refractivity contribution in [2.45, 2.75) is 37.5 Å². The lowest BCUT2D eigenvalue weighted by atomic mass is 10.1. The molecule has 4 rings (SSSR count). The van der Waals surface area contributed by atoms with Crippen molar-refractivity contribution in [3.63, 3.8) is 0 Å². The standard InChI is InChI=1S/C24H25N3OS/c1-4-17(3)29-24-22-21(18-9-7-6-8-10-18)15-27(23(22)25-16-26-24)19-11-13-20(14-12-19)28-5-2/h6-17H,4-5H2,1-3H3. The number of benzene rings is 2. The minimum absolute atomic E-state index is 0.491. The van der Waals surface area contributed by atoms with Crippen LogP contribution in [-0.2, 0) is 0 Å². The van der Waals surface area contributed by atoms with Gasteiger partial charge in [-0.2, -0.15) is 0 Å². The van der Waals surface area contributed by atoms with Crippen LogP contribution in [0.3, 0.4) is 0 Å². The molecule has 0 amide bonds. The van der Waals surface area contributed by atoms with Crippen molar-refractivity contribution in [2.75, 3.05) is 6.61 Å². The number of hydrogen-bond acceptors (Lipinski definition) is 4. The largest absolute Gasteiger partial charge is 0.494 e. The van der Waals surface area contributed by atoms with E-state index < -0.39 is 0 Å². The molecule has 0 fully saturated rings. The zero-order chi connectivity index (χ0) is 20.2. The Morgan fingerprint density at radius 2 is 1.76 bits per heavy atom. The lowest BCUT2D eigenvalue weighted by Crippen LogP contribution is -1.98. The van der Waals surface area contributed by atoms with E-state index in [0.717, 1.165) is 39.5 Å². The van der Waals surface area contributed by atoms with Gasteiger partial charge in [-0.1, -0.05) is 44.2 Å². The van der Waals surface area contributed by atoms with Gasteiger partial charge in [0.2, 0.25) is 0 Å². The Labute approximate surface area is 176 Å². The molecule has 0 bridgehead atoms. The average molecular weight is 404 g/mol. The topological polar surface area (TPSA) is 39.9 Å². The molecule has 2 aromatic carbocycles. The Morgan fingerprint density at radius 3 is 2.45 bits per heavy atom. The second kappa shape index (κ2) is 8.70. The van der Waals surface area contributed by atoms with Crippen molar-refractivity contribution in [2.24, 2.45) is 0 Å². The highest BCUT2D eigenvalue weighted by Crippen LogP contribution is 2.38. The smallest absolute Gasteiger partial charge is 0.149 e. The Kier molecular flexibility index (Phi) is 5.86. The zero-order valence-electron chi connectivity index (χ0n) is 17.0. The number of fused-ring (bicyclic) bond motifs is 1. The van der Waals surface area contributed by atoms with Crippen LogP contribution in [0.5, 0.6) is 5.75 Å². The van der Waals surface area contributed by atoms with Crippen LogP contribution in [0.4, 0.5) is 0 Å². The Bertz CT molecular complexity index is 1090. The average Bonchev–Trinajstić information content (AvgIpc) is 3.16. The first-order valence-corrected chi connectivity index (χ1v) is 10.9. The quantitative estimate of drug-likeness (QED) is 0.265. The summed E-state index contributed by atoms with van der Waals surface area (Å²) in [6, 6.07) is 18.6. The van der Waals surface area contributed by atoms with Crippen LogP contribution in [-0.4, -0.2) is 26.4 Å². The van der Waals surface area contributed by atoms with E-state index in [1.54, 1.807) is 6.33 Å². The minimum atomic E-state index is 0.491. The maximum atomic E-state index is 5.60. The van der Waals surface area contributed by atoms with Crippen molar-refractivity contribution < 1.29 is 4.74 Å². The Balaban J connectivity index is 1.91. The van der Waals surface area contributed by atoms with Crippen molar-refractivity contribution >= 4 is 22.8 Å². The van der Waals surface area contributed by atoms with Gasteiger partial charge in [-0.05, 0) is 43.2 Å². The highest BCUT2D eigenvalue weighted by Gasteiger charge is 2.18. The highest BCUT2D eigenvalue weighted by molar-refractivity contribution is 8.00. The molecule has 2 aromatic heterocycles. The third-order valence-electron chi connectivity index (χ3n) is 4.95. The maximum Gasteiger partial charge on any atom is 0.149 e. The monoisotopic (exact) mass is 403 g/mol. The van der Waals surface area contributed by atoms with E-state index in [-0.39, 0.29) is 0 Å².